The van der Waals surface area contributed by atoms with Gasteiger partial charge >= 0.3 is 0 Å². The van der Waals surface area contributed by atoms with Gasteiger partial charge < -0.3 is 0 Å². The first-order valence-corrected chi connectivity index (χ1v) is 4.20. The number of rotatable bonds is 1. The Morgan fingerprint density at radius 3 is 2.77 bits per heavy atom. The summed E-state index contributed by atoms with van der Waals surface area (Å²) in [7, 11) is 0. The van der Waals surface area contributed by atoms with Crippen LogP contribution in [0.2, 0.25) is 0 Å². The van der Waals surface area contributed by atoms with Gasteiger partial charge in [-0.25, -0.2) is 0 Å². The van der Waals surface area contributed by atoms with E-state index in [0.717, 1.165) is 16.9 Å². The number of nitrogens with zero attached hydrogens (tertiary/aromatic N) is 1. The molecule has 0 aromatic heterocycles. The SMILES string of the molecule is C=C1CC(=O)C=C/C1=C/N=C(C)C. The highest BCUT2D eigenvalue weighted by Gasteiger charge is 2.09. The second-order valence-corrected chi connectivity index (χ2v) is 3.24. The van der Waals surface area contributed by atoms with Crippen LogP contribution in [0.4, 0.5) is 0 Å². The Hall–Kier alpha value is -1.44. The van der Waals surface area contributed by atoms with Crippen LogP contribution in [-0.2, 0) is 4.79 Å². The summed E-state index contributed by atoms with van der Waals surface area (Å²) in [5.41, 5.74) is 2.78. The first-order chi connectivity index (χ1) is 6.09. The first-order valence-electron chi connectivity index (χ1n) is 4.20. The predicted octanol–water partition coefficient (Wildman–Crippen LogP) is 2.44. The summed E-state index contributed by atoms with van der Waals surface area (Å²) in [5.74, 6) is 0.111. The minimum atomic E-state index is 0.111. The zero-order valence-corrected chi connectivity index (χ0v) is 8.00. The lowest BCUT2D eigenvalue weighted by atomic mass is 9.97. The quantitative estimate of drug-likeness (QED) is 0.563. The van der Waals surface area contributed by atoms with Gasteiger partial charge in [-0.2, -0.15) is 0 Å². The molecule has 0 bridgehead atoms. The average molecular weight is 175 g/mol. The normalized spacial score (nSPS) is 19.4. The smallest absolute Gasteiger partial charge is 0.160 e. The lowest BCUT2D eigenvalue weighted by Crippen LogP contribution is -2.02. The fourth-order valence-corrected chi connectivity index (χ4v) is 1.00. The summed E-state index contributed by atoms with van der Waals surface area (Å²) < 4.78 is 0. The molecule has 0 N–H and O–H groups in total. The van der Waals surface area contributed by atoms with Crippen LogP contribution in [0.1, 0.15) is 20.3 Å². The number of carbonyl (C=O) groups is 1. The maximum absolute atomic E-state index is 10.9. The van der Waals surface area contributed by atoms with Crippen molar-refractivity contribution in [3.8, 4) is 0 Å². The maximum Gasteiger partial charge on any atom is 0.160 e. The van der Waals surface area contributed by atoms with Crippen molar-refractivity contribution in [2.75, 3.05) is 0 Å². The summed E-state index contributed by atoms with van der Waals surface area (Å²) in [4.78, 5) is 15.1. The van der Waals surface area contributed by atoms with Gasteiger partial charge in [-0.3, -0.25) is 9.79 Å². The van der Waals surface area contributed by atoms with Crippen LogP contribution >= 0.6 is 0 Å². The van der Waals surface area contributed by atoms with E-state index in [-0.39, 0.29) is 5.78 Å². The second kappa shape index (κ2) is 3.99. The number of hydrogen-bond donors (Lipinski definition) is 0. The third kappa shape index (κ3) is 2.82. The monoisotopic (exact) mass is 175 g/mol. The summed E-state index contributed by atoms with van der Waals surface area (Å²) in [6, 6.07) is 0. The van der Waals surface area contributed by atoms with Crippen LogP contribution in [0.15, 0.2) is 41.1 Å². The van der Waals surface area contributed by atoms with Gasteiger partial charge in [0, 0.05) is 18.3 Å². The number of allylic oxidation sites excluding steroid dienone is 4. The summed E-state index contributed by atoms with van der Waals surface area (Å²) in [5, 5.41) is 0. The highest BCUT2D eigenvalue weighted by atomic mass is 16.1. The van der Waals surface area contributed by atoms with E-state index in [9.17, 15) is 4.79 Å². The highest BCUT2D eigenvalue weighted by molar-refractivity contribution is 5.94. The summed E-state index contributed by atoms with van der Waals surface area (Å²) in [6.45, 7) is 7.67. The van der Waals surface area contributed by atoms with Crippen LogP contribution in [0.5, 0.6) is 0 Å². The molecule has 13 heavy (non-hydrogen) atoms. The first kappa shape index (κ1) is 9.65. The van der Waals surface area contributed by atoms with Crippen LogP contribution in [-0.4, -0.2) is 11.5 Å². The van der Waals surface area contributed by atoms with E-state index in [0.29, 0.717) is 6.42 Å². The molecule has 0 spiro atoms. The van der Waals surface area contributed by atoms with Crippen molar-refractivity contribution < 1.29 is 4.79 Å². The molecule has 1 aliphatic carbocycles. The molecule has 0 aromatic carbocycles. The fraction of sp³-hybridized carbons (Fsp3) is 0.273. The molecule has 0 atom stereocenters. The predicted molar refractivity (Wildman–Crippen MR) is 54.8 cm³/mol. The van der Waals surface area contributed by atoms with E-state index in [1.807, 2.05) is 13.8 Å². The van der Waals surface area contributed by atoms with Crippen molar-refractivity contribution in [1.82, 2.24) is 0 Å². The Kier molecular flexibility index (Phi) is 2.96. The number of aliphatic imine (C=N–C) groups is 1. The molecular formula is C11H13NO. The van der Waals surface area contributed by atoms with Crippen LogP contribution < -0.4 is 0 Å². The topological polar surface area (TPSA) is 29.4 Å². The number of hydrogen-bond acceptors (Lipinski definition) is 2. The molecule has 0 amide bonds. The van der Waals surface area contributed by atoms with E-state index in [4.69, 9.17) is 0 Å². The largest absolute Gasteiger partial charge is 0.294 e. The van der Waals surface area contributed by atoms with E-state index < -0.39 is 0 Å². The Morgan fingerprint density at radius 1 is 1.54 bits per heavy atom. The Labute approximate surface area is 78.4 Å². The van der Waals surface area contributed by atoms with Crippen LogP contribution in [0.25, 0.3) is 0 Å². The minimum Gasteiger partial charge on any atom is -0.294 e. The molecule has 1 aliphatic rings. The maximum atomic E-state index is 10.9. The lowest BCUT2D eigenvalue weighted by Gasteiger charge is -2.08. The Morgan fingerprint density at radius 2 is 2.23 bits per heavy atom. The third-order valence-corrected chi connectivity index (χ3v) is 1.71. The zero-order chi connectivity index (χ0) is 9.84. The van der Waals surface area contributed by atoms with Crippen molar-refractivity contribution in [1.29, 1.82) is 0 Å². The van der Waals surface area contributed by atoms with Gasteiger partial charge in [-0.1, -0.05) is 6.58 Å². The summed E-state index contributed by atoms with van der Waals surface area (Å²) >= 11 is 0. The standard InChI is InChI=1S/C11H13NO/c1-8(2)12-7-10-4-5-11(13)6-9(10)3/h4-5,7H,3,6H2,1-2H3/b10-7-. The molecule has 68 valence electrons. The molecule has 0 heterocycles. The van der Waals surface area contributed by atoms with E-state index in [1.54, 1.807) is 18.4 Å². The van der Waals surface area contributed by atoms with Gasteiger partial charge in [0.1, 0.15) is 0 Å². The molecule has 0 aromatic rings. The van der Waals surface area contributed by atoms with Gasteiger partial charge in [0.05, 0.1) is 0 Å². The fourth-order valence-electron chi connectivity index (χ4n) is 1.00. The molecule has 1 rings (SSSR count). The lowest BCUT2D eigenvalue weighted by molar-refractivity contribution is -0.114. The number of carbonyl (C=O) groups excluding carboxylic acids is 1. The number of ketones is 1. The van der Waals surface area contributed by atoms with Gasteiger partial charge in [-0.15, -0.1) is 0 Å². The third-order valence-electron chi connectivity index (χ3n) is 1.71. The molecule has 0 fully saturated rings. The minimum absolute atomic E-state index is 0.111. The van der Waals surface area contributed by atoms with Gasteiger partial charge in [-0.05, 0) is 37.1 Å². The van der Waals surface area contributed by atoms with Gasteiger partial charge in [0.25, 0.3) is 0 Å². The molecule has 0 unspecified atom stereocenters. The van der Waals surface area contributed by atoms with Crippen LogP contribution in [0.3, 0.4) is 0 Å². The second-order valence-electron chi connectivity index (χ2n) is 3.24. The highest BCUT2D eigenvalue weighted by Crippen LogP contribution is 2.19. The Bertz CT molecular complexity index is 328. The van der Waals surface area contributed by atoms with Crippen molar-refractivity contribution >= 4 is 11.5 Å². The van der Waals surface area contributed by atoms with Gasteiger partial charge in [0.2, 0.25) is 0 Å². The van der Waals surface area contributed by atoms with E-state index >= 15 is 0 Å². The molecular weight excluding hydrogens is 162 g/mol. The average Bonchev–Trinajstić information content (AvgIpc) is 2.02. The molecule has 0 saturated carbocycles. The zero-order valence-electron chi connectivity index (χ0n) is 8.00. The molecule has 0 aliphatic heterocycles. The van der Waals surface area contributed by atoms with Crippen molar-refractivity contribution in [2.24, 2.45) is 4.99 Å². The molecule has 2 heteroatoms. The molecule has 0 saturated heterocycles. The molecule has 0 radical (unpaired) electrons. The molecule has 2 nitrogen and oxygen atoms in total. The summed E-state index contributed by atoms with van der Waals surface area (Å²) in [6.07, 6.45) is 5.50. The van der Waals surface area contributed by atoms with Crippen molar-refractivity contribution in [3.63, 3.8) is 0 Å². The van der Waals surface area contributed by atoms with E-state index in [2.05, 4.69) is 11.6 Å². The Balaban J connectivity index is 2.88. The van der Waals surface area contributed by atoms with Crippen molar-refractivity contribution in [2.45, 2.75) is 20.3 Å². The van der Waals surface area contributed by atoms with E-state index in [1.165, 1.54) is 0 Å². The van der Waals surface area contributed by atoms with Gasteiger partial charge in [0.15, 0.2) is 5.78 Å². The van der Waals surface area contributed by atoms with Crippen molar-refractivity contribution in [3.05, 3.63) is 36.1 Å². The van der Waals surface area contributed by atoms with Crippen LogP contribution in [0, 0.1) is 0 Å².